The summed E-state index contributed by atoms with van der Waals surface area (Å²) >= 11 is 0. The van der Waals surface area contributed by atoms with E-state index in [1.807, 2.05) is 40.7 Å². The van der Waals surface area contributed by atoms with Crippen molar-refractivity contribution in [2.24, 2.45) is 5.73 Å². The maximum atomic E-state index is 11.4. The van der Waals surface area contributed by atoms with E-state index in [1.165, 1.54) is 5.69 Å². The van der Waals surface area contributed by atoms with Gasteiger partial charge in [0.05, 0.1) is 11.4 Å². The van der Waals surface area contributed by atoms with Gasteiger partial charge in [0.25, 0.3) is 6.47 Å². The highest BCUT2D eigenvalue weighted by molar-refractivity contribution is 5.93. The molecule has 1 aromatic carbocycles. The lowest BCUT2D eigenvalue weighted by Crippen LogP contribution is -2.47. The minimum Gasteiger partial charge on any atom is -0.479 e. The maximum absolute atomic E-state index is 11.4. The topological polar surface area (TPSA) is 86.8 Å². The first kappa shape index (κ1) is 24.5. The molecular formula is C24H35N3O4. The third-order valence-corrected chi connectivity index (χ3v) is 5.22. The second-order valence-electron chi connectivity index (χ2n) is 8.54. The van der Waals surface area contributed by atoms with Gasteiger partial charge in [-0.2, -0.15) is 0 Å². The van der Waals surface area contributed by atoms with Crippen LogP contribution in [0.15, 0.2) is 36.5 Å². The summed E-state index contributed by atoms with van der Waals surface area (Å²) < 4.78 is 13.2. The van der Waals surface area contributed by atoms with Crippen molar-refractivity contribution in [1.82, 2.24) is 9.47 Å². The van der Waals surface area contributed by atoms with E-state index in [1.54, 1.807) is 12.1 Å². The van der Waals surface area contributed by atoms with E-state index in [2.05, 4.69) is 39.6 Å². The van der Waals surface area contributed by atoms with Crippen molar-refractivity contribution < 1.29 is 19.1 Å². The number of fused-ring (bicyclic) bond motifs is 4. The van der Waals surface area contributed by atoms with E-state index in [0.29, 0.717) is 12.0 Å². The molecule has 1 spiro atoms. The summed E-state index contributed by atoms with van der Waals surface area (Å²) in [6, 6.07) is 9.61. The van der Waals surface area contributed by atoms with E-state index < -0.39 is 5.91 Å². The van der Waals surface area contributed by atoms with Crippen LogP contribution in [0.5, 0.6) is 5.75 Å². The summed E-state index contributed by atoms with van der Waals surface area (Å²) in [5, 5.41) is 0. The minimum absolute atomic E-state index is 0.306. The maximum Gasteiger partial charge on any atom is 0.293 e. The molecule has 1 fully saturated rings. The Balaban J connectivity index is 0.000000327. The predicted octanol–water partition coefficient (Wildman–Crippen LogP) is 3.87. The van der Waals surface area contributed by atoms with Crippen molar-refractivity contribution in [1.29, 1.82) is 0 Å². The third-order valence-electron chi connectivity index (χ3n) is 5.22. The Hall–Kier alpha value is -2.80. The van der Waals surface area contributed by atoms with Gasteiger partial charge in [0.15, 0.2) is 5.60 Å². The molecule has 3 heterocycles. The molecule has 2 N–H and O–H groups in total. The van der Waals surface area contributed by atoms with Crippen LogP contribution in [0.25, 0.3) is 5.69 Å². The number of nitrogens with two attached hydrogens (primary N) is 1. The van der Waals surface area contributed by atoms with E-state index in [0.717, 1.165) is 37.4 Å². The van der Waals surface area contributed by atoms with Gasteiger partial charge < -0.3 is 24.7 Å². The number of aromatic nitrogens is 1. The van der Waals surface area contributed by atoms with Crippen LogP contribution in [-0.4, -0.2) is 47.6 Å². The molecule has 0 bridgehead atoms. The number of hydrogen-bond donors (Lipinski definition) is 1. The number of carbonyl (C=O) groups excluding carboxylic acids is 2. The van der Waals surface area contributed by atoms with Gasteiger partial charge in [-0.25, -0.2) is 0 Å². The van der Waals surface area contributed by atoms with Crippen LogP contribution in [0.3, 0.4) is 0 Å². The lowest BCUT2D eigenvalue weighted by molar-refractivity contribution is -0.138. The molecule has 7 heteroatoms. The van der Waals surface area contributed by atoms with E-state index in [9.17, 15) is 9.59 Å². The van der Waals surface area contributed by atoms with E-state index >= 15 is 0 Å². The highest BCUT2D eigenvalue weighted by Crippen LogP contribution is 2.45. The summed E-state index contributed by atoms with van der Waals surface area (Å²) in [4.78, 5) is 23.4. The number of hydrogen-bond acceptors (Lipinski definition) is 5. The first-order valence-corrected chi connectivity index (χ1v) is 10.8. The number of nitrogens with zero attached hydrogens (tertiary/aromatic N) is 2. The van der Waals surface area contributed by atoms with Gasteiger partial charge in [-0.15, -0.1) is 0 Å². The Morgan fingerprint density at radius 1 is 1.19 bits per heavy atom. The highest BCUT2D eigenvalue weighted by atomic mass is 16.5. The lowest BCUT2D eigenvalue weighted by Gasteiger charge is -2.44. The molecule has 0 atom stereocenters. The predicted molar refractivity (Wildman–Crippen MR) is 122 cm³/mol. The van der Waals surface area contributed by atoms with Crippen molar-refractivity contribution >= 4 is 12.4 Å². The molecule has 2 aliphatic rings. The van der Waals surface area contributed by atoms with E-state index in [-0.39, 0.29) is 11.2 Å². The molecule has 0 aliphatic carbocycles. The molecule has 0 unspecified atom stereocenters. The lowest BCUT2D eigenvalue weighted by atomic mass is 9.86. The fourth-order valence-corrected chi connectivity index (χ4v) is 3.66. The Kier molecular flexibility index (Phi) is 7.90. The van der Waals surface area contributed by atoms with Crippen molar-refractivity contribution in [2.75, 3.05) is 20.1 Å². The van der Waals surface area contributed by atoms with Crippen LogP contribution in [0.1, 0.15) is 63.5 Å². The summed E-state index contributed by atoms with van der Waals surface area (Å²) in [5.41, 5.74) is 7.42. The summed E-state index contributed by atoms with van der Waals surface area (Å²) in [6.07, 6.45) is 3.93. The van der Waals surface area contributed by atoms with Crippen molar-refractivity contribution in [2.45, 2.75) is 58.7 Å². The molecular weight excluding hydrogens is 394 g/mol. The fourth-order valence-electron chi connectivity index (χ4n) is 3.66. The van der Waals surface area contributed by atoms with Crippen molar-refractivity contribution in [3.63, 3.8) is 0 Å². The molecule has 1 saturated heterocycles. The van der Waals surface area contributed by atoms with Crippen LogP contribution < -0.4 is 10.5 Å². The molecule has 0 radical (unpaired) electrons. The van der Waals surface area contributed by atoms with Gasteiger partial charge in [0.2, 0.25) is 5.91 Å². The number of rotatable bonds is 2. The molecule has 2 aromatic rings. The molecule has 2 aliphatic heterocycles. The zero-order chi connectivity index (χ0) is 23.2. The molecule has 1 aromatic heterocycles. The largest absolute Gasteiger partial charge is 0.479 e. The highest BCUT2D eigenvalue weighted by Gasteiger charge is 2.43. The van der Waals surface area contributed by atoms with Gasteiger partial charge in [-0.3, -0.25) is 9.59 Å². The average molecular weight is 430 g/mol. The molecule has 7 nitrogen and oxygen atoms in total. The number of carbonyl (C=O) groups is 2. The number of likely N-dealkylation sites (tertiary alicyclic amines) is 1. The summed E-state index contributed by atoms with van der Waals surface area (Å²) in [7, 11) is 2.13. The van der Waals surface area contributed by atoms with Crippen molar-refractivity contribution in [3.8, 4) is 11.4 Å². The fraction of sp³-hybridized carbons (Fsp3) is 0.500. The first-order valence-electron chi connectivity index (χ1n) is 10.8. The Morgan fingerprint density at radius 2 is 1.84 bits per heavy atom. The smallest absolute Gasteiger partial charge is 0.293 e. The molecule has 4 rings (SSSR count). The van der Waals surface area contributed by atoms with Gasteiger partial charge in [0.1, 0.15) is 11.4 Å². The number of amides is 1. The second-order valence-corrected chi connectivity index (χ2v) is 8.54. The van der Waals surface area contributed by atoms with Crippen molar-refractivity contribution in [3.05, 3.63) is 47.8 Å². The molecule has 31 heavy (non-hydrogen) atoms. The summed E-state index contributed by atoms with van der Waals surface area (Å²) in [6.45, 7) is 11.9. The number of benzene rings is 1. The Morgan fingerprint density at radius 3 is 2.35 bits per heavy atom. The SMILES string of the molecule is CC.CC(C)(C)OC=O.CN1CCC2(CC1)Oc1cc(C(N)=O)ccc1-n1cccc12. The number of piperidine rings is 1. The monoisotopic (exact) mass is 429 g/mol. The standard InChI is InChI=1S/C17H19N3O2.C5H10O2.C2H6/c1-19-9-6-17(7-10-19)15-3-2-8-20(15)13-5-4-12(16(18)21)11-14(13)22-17;1-5(2,3)7-4-6;1-2/h2-5,8,11H,6-7,9-10H2,1H3,(H2,18,21);4H,1-3H3;1-2H3. The Labute approximate surface area is 185 Å². The summed E-state index contributed by atoms with van der Waals surface area (Å²) in [5.74, 6) is 0.312. The van der Waals surface area contributed by atoms with Crippen LogP contribution >= 0.6 is 0 Å². The number of primary amides is 1. The van der Waals surface area contributed by atoms with Crippen LogP contribution in [0.2, 0.25) is 0 Å². The second kappa shape index (κ2) is 10.0. The van der Waals surface area contributed by atoms with Gasteiger partial charge in [0, 0.05) is 37.7 Å². The zero-order valence-electron chi connectivity index (χ0n) is 19.5. The van der Waals surface area contributed by atoms with Crippen LogP contribution in [-0.2, 0) is 15.1 Å². The van der Waals surface area contributed by atoms with E-state index in [4.69, 9.17) is 10.5 Å². The van der Waals surface area contributed by atoms with Crippen LogP contribution in [0.4, 0.5) is 0 Å². The normalized spacial score (nSPS) is 16.3. The minimum atomic E-state index is -0.429. The first-order chi connectivity index (χ1) is 14.6. The Bertz CT molecular complexity index is 890. The number of ether oxygens (including phenoxy) is 2. The quantitative estimate of drug-likeness (QED) is 0.732. The van der Waals surface area contributed by atoms with Gasteiger partial charge in [-0.05, 0) is 58.2 Å². The zero-order valence-corrected chi connectivity index (χ0v) is 19.5. The third kappa shape index (κ3) is 5.67. The van der Waals surface area contributed by atoms with Gasteiger partial charge in [-0.1, -0.05) is 13.8 Å². The average Bonchev–Trinajstić information content (AvgIpc) is 3.22. The van der Waals surface area contributed by atoms with Crippen LogP contribution in [0, 0.1) is 0 Å². The van der Waals surface area contributed by atoms with Gasteiger partial charge >= 0.3 is 0 Å². The molecule has 170 valence electrons. The molecule has 1 amide bonds. The molecule has 0 saturated carbocycles.